The lowest BCUT2D eigenvalue weighted by Gasteiger charge is -2.35. The molecule has 0 saturated carbocycles. The van der Waals surface area contributed by atoms with Crippen LogP contribution in [0, 0.1) is 12.7 Å². The quantitative estimate of drug-likeness (QED) is 0.408. The number of aryl methyl sites for hydroxylation is 1. The number of benzene rings is 2. The molecule has 0 bridgehead atoms. The van der Waals surface area contributed by atoms with Gasteiger partial charge in [0.25, 0.3) is 0 Å². The van der Waals surface area contributed by atoms with Crippen molar-refractivity contribution in [1.82, 2.24) is 19.4 Å². The second-order valence-electron chi connectivity index (χ2n) is 8.85. The van der Waals surface area contributed by atoms with E-state index in [4.69, 9.17) is 9.72 Å². The Kier molecular flexibility index (Phi) is 6.66. The minimum Gasteiger partial charge on any atom is -0.497 e. The third-order valence-corrected chi connectivity index (χ3v) is 6.45. The van der Waals surface area contributed by atoms with Gasteiger partial charge in [0.15, 0.2) is 0 Å². The lowest BCUT2D eigenvalue weighted by Crippen LogP contribution is -2.49. The van der Waals surface area contributed by atoms with E-state index in [1.807, 2.05) is 59.0 Å². The fraction of sp³-hybridized carbons (Fsp3) is 0.250. The Labute approximate surface area is 209 Å². The third kappa shape index (κ3) is 5.07. The Hall–Kier alpha value is -4.20. The molecule has 0 spiro atoms. The highest BCUT2D eigenvalue weighted by Gasteiger charge is 2.24. The van der Waals surface area contributed by atoms with Crippen LogP contribution in [0.4, 0.5) is 10.2 Å². The smallest absolute Gasteiger partial charge is 0.230 e. The second kappa shape index (κ2) is 10.2. The van der Waals surface area contributed by atoms with Crippen LogP contribution < -0.4 is 9.64 Å². The van der Waals surface area contributed by atoms with Gasteiger partial charge in [0.2, 0.25) is 5.91 Å². The zero-order valence-corrected chi connectivity index (χ0v) is 20.4. The molecule has 0 atom stereocenters. The van der Waals surface area contributed by atoms with E-state index in [0.717, 1.165) is 34.1 Å². The van der Waals surface area contributed by atoms with E-state index < -0.39 is 0 Å². The SMILES string of the molecule is COc1ccnc(N2CCN(C(=O)Cc3nc(-c4ccc(C)cc4)cn3-c3ccc(F)cc3)CC2)c1. The fourth-order valence-electron chi connectivity index (χ4n) is 4.36. The molecule has 4 aromatic rings. The molecule has 3 heterocycles. The van der Waals surface area contributed by atoms with Crippen LogP contribution in [-0.4, -0.2) is 58.6 Å². The summed E-state index contributed by atoms with van der Waals surface area (Å²) in [5.74, 6) is 1.93. The van der Waals surface area contributed by atoms with Gasteiger partial charge in [0.05, 0.1) is 19.2 Å². The average Bonchev–Trinajstić information content (AvgIpc) is 3.33. The highest BCUT2D eigenvalue weighted by Crippen LogP contribution is 2.24. The van der Waals surface area contributed by atoms with E-state index in [2.05, 4.69) is 9.88 Å². The molecule has 0 radical (unpaired) electrons. The molecule has 2 aromatic heterocycles. The largest absolute Gasteiger partial charge is 0.497 e. The molecule has 0 N–H and O–H groups in total. The van der Waals surface area contributed by atoms with Crippen molar-refractivity contribution in [3.05, 3.63) is 90.3 Å². The molecule has 1 aliphatic rings. The van der Waals surface area contributed by atoms with Crippen LogP contribution >= 0.6 is 0 Å². The lowest BCUT2D eigenvalue weighted by molar-refractivity contribution is -0.130. The van der Waals surface area contributed by atoms with Gasteiger partial charge in [-0.25, -0.2) is 14.4 Å². The summed E-state index contributed by atoms with van der Waals surface area (Å²) in [5, 5.41) is 0. The van der Waals surface area contributed by atoms with Crippen LogP contribution in [0.2, 0.25) is 0 Å². The Morgan fingerprint density at radius 1 is 1.00 bits per heavy atom. The summed E-state index contributed by atoms with van der Waals surface area (Å²) in [6, 6.07) is 18.1. The number of anilines is 1. The molecule has 1 aliphatic heterocycles. The van der Waals surface area contributed by atoms with Crippen molar-refractivity contribution < 1.29 is 13.9 Å². The van der Waals surface area contributed by atoms with E-state index in [-0.39, 0.29) is 18.1 Å². The second-order valence-corrected chi connectivity index (χ2v) is 8.85. The van der Waals surface area contributed by atoms with Crippen molar-refractivity contribution in [3.8, 4) is 22.7 Å². The van der Waals surface area contributed by atoms with Crippen molar-refractivity contribution in [2.45, 2.75) is 13.3 Å². The number of piperazine rings is 1. The summed E-state index contributed by atoms with van der Waals surface area (Å²) in [5.41, 5.74) is 3.67. The molecule has 1 saturated heterocycles. The fourth-order valence-corrected chi connectivity index (χ4v) is 4.36. The molecule has 1 amide bonds. The Bertz CT molecular complexity index is 1340. The molecule has 1 fully saturated rings. The number of amides is 1. The molecule has 184 valence electrons. The highest BCUT2D eigenvalue weighted by molar-refractivity contribution is 5.79. The van der Waals surface area contributed by atoms with Crippen LogP contribution in [-0.2, 0) is 11.2 Å². The first-order valence-corrected chi connectivity index (χ1v) is 11.9. The number of ether oxygens (including phenoxy) is 1. The molecular formula is C28H28FN5O2. The number of pyridine rings is 1. The zero-order chi connectivity index (χ0) is 25.1. The summed E-state index contributed by atoms with van der Waals surface area (Å²) in [6.07, 6.45) is 3.79. The summed E-state index contributed by atoms with van der Waals surface area (Å²) >= 11 is 0. The van der Waals surface area contributed by atoms with Gasteiger partial charge in [0.1, 0.15) is 23.2 Å². The first kappa shape index (κ1) is 23.5. The average molecular weight is 486 g/mol. The number of nitrogens with zero attached hydrogens (tertiary/aromatic N) is 5. The van der Waals surface area contributed by atoms with Crippen LogP contribution in [0.3, 0.4) is 0 Å². The summed E-state index contributed by atoms with van der Waals surface area (Å²) in [4.78, 5) is 26.6. The van der Waals surface area contributed by atoms with E-state index in [9.17, 15) is 9.18 Å². The predicted octanol–water partition coefficient (Wildman–Crippen LogP) is 4.28. The maximum Gasteiger partial charge on any atom is 0.230 e. The minimum atomic E-state index is -0.307. The number of carbonyl (C=O) groups is 1. The molecule has 7 nitrogen and oxygen atoms in total. The van der Waals surface area contributed by atoms with Crippen molar-refractivity contribution in [1.29, 1.82) is 0 Å². The number of imidazole rings is 1. The Morgan fingerprint density at radius 2 is 1.72 bits per heavy atom. The molecule has 0 aliphatic carbocycles. The van der Waals surface area contributed by atoms with Crippen LogP contribution in [0.15, 0.2) is 73.1 Å². The topological polar surface area (TPSA) is 63.5 Å². The first-order chi connectivity index (χ1) is 17.5. The van der Waals surface area contributed by atoms with Gasteiger partial charge < -0.3 is 19.1 Å². The normalized spacial score (nSPS) is 13.6. The predicted molar refractivity (Wildman–Crippen MR) is 137 cm³/mol. The number of carbonyl (C=O) groups excluding carboxylic acids is 1. The van der Waals surface area contributed by atoms with E-state index >= 15 is 0 Å². The molecular weight excluding hydrogens is 457 g/mol. The maximum absolute atomic E-state index is 13.6. The zero-order valence-electron chi connectivity index (χ0n) is 20.4. The summed E-state index contributed by atoms with van der Waals surface area (Å²) in [7, 11) is 1.63. The van der Waals surface area contributed by atoms with Crippen LogP contribution in [0.1, 0.15) is 11.4 Å². The molecule has 8 heteroatoms. The number of rotatable bonds is 6. The van der Waals surface area contributed by atoms with Gasteiger partial charge >= 0.3 is 0 Å². The Balaban J connectivity index is 1.34. The maximum atomic E-state index is 13.6. The first-order valence-electron chi connectivity index (χ1n) is 11.9. The number of hydrogen-bond acceptors (Lipinski definition) is 5. The standard InChI is InChI=1S/C28H28FN5O2/c1-20-3-5-21(6-4-20)25-19-34(23-9-7-22(29)8-10-23)27(31-25)18-28(35)33-15-13-32(14-16-33)26-17-24(36-2)11-12-30-26/h3-12,17,19H,13-16,18H2,1-2H3. The number of methoxy groups -OCH3 is 1. The van der Waals surface area contributed by atoms with Crippen molar-refractivity contribution in [2.24, 2.45) is 0 Å². The molecule has 5 rings (SSSR count). The van der Waals surface area contributed by atoms with E-state index in [1.54, 1.807) is 25.4 Å². The van der Waals surface area contributed by atoms with Gasteiger partial charge in [-0.1, -0.05) is 29.8 Å². The van der Waals surface area contributed by atoms with Crippen LogP contribution in [0.25, 0.3) is 16.9 Å². The summed E-state index contributed by atoms with van der Waals surface area (Å²) < 4.78 is 20.7. The van der Waals surface area contributed by atoms with Gasteiger partial charge in [-0.05, 0) is 37.3 Å². The van der Waals surface area contributed by atoms with Crippen molar-refractivity contribution >= 4 is 11.7 Å². The van der Waals surface area contributed by atoms with E-state index in [0.29, 0.717) is 32.0 Å². The monoisotopic (exact) mass is 485 g/mol. The van der Waals surface area contributed by atoms with Crippen molar-refractivity contribution in [2.75, 3.05) is 38.2 Å². The number of hydrogen-bond donors (Lipinski definition) is 0. The van der Waals surface area contributed by atoms with Crippen molar-refractivity contribution in [3.63, 3.8) is 0 Å². The number of aromatic nitrogens is 3. The highest BCUT2D eigenvalue weighted by atomic mass is 19.1. The van der Waals surface area contributed by atoms with Gasteiger partial charge in [-0.15, -0.1) is 0 Å². The van der Waals surface area contributed by atoms with Gasteiger partial charge in [0, 0.05) is 55.9 Å². The van der Waals surface area contributed by atoms with Gasteiger partial charge in [-0.2, -0.15) is 0 Å². The van der Waals surface area contributed by atoms with Gasteiger partial charge in [-0.3, -0.25) is 4.79 Å². The third-order valence-electron chi connectivity index (χ3n) is 6.45. The summed E-state index contributed by atoms with van der Waals surface area (Å²) in [6.45, 7) is 4.61. The Morgan fingerprint density at radius 3 is 2.42 bits per heavy atom. The molecule has 36 heavy (non-hydrogen) atoms. The van der Waals surface area contributed by atoms with E-state index in [1.165, 1.54) is 12.1 Å². The lowest BCUT2D eigenvalue weighted by atomic mass is 10.1. The number of halogens is 1. The van der Waals surface area contributed by atoms with Crippen LogP contribution in [0.5, 0.6) is 5.75 Å². The molecule has 2 aromatic carbocycles. The molecule has 0 unspecified atom stereocenters. The minimum absolute atomic E-state index is 0.0117.